The molecular weight excluding hydrogens is 326 g/mol. The number of hydrogen-bond donors (Lipinski definition) is 2. The van der Waals surface area contributed by atoms with E-state index in [1.807, 2.05) is 23.6 Å². The predicted octanol–water partition coefficient (Wildman–Crippen LogP) is 2.89. The number of aromatic nitrogens is 1. The molecule has 0 saturated heterocycles. The molecule has 0 aliphatic heterocycles. The Kier molecular flexibility index (Phi) is 5.01. The van der Waals surface area contributed by atoms with Gasteiger partial charge in [0.1, 0.15) is 11.5 Å². The number of benzene rings is 1. The number of thiazole rings is 1. The monoisotopic (exact) mass is 347 g/mol. The van der Waals surface area contributed by atoms with Crippen molar-refractivity contribution >= 4 is 22.4 Å². The number of nitrogens with zero attached hydrogens (tertiary/aromatic N) is 1. The zero-order valence-corrected chi connectivity index (χ0v) is 14.6. The molecule has 1 saturated carbocycles. The summed E-state index contributed by atoms with van der Waals surface area (Å²) in [5.74, 6) is 1.42. The number of hydrogen-bond acceptors (Lipinski definition) is 6. The van der Waals surface area contributed by atoms with Gasteiger partial charge in [-0.3, -0.25) is 4.79 Å². The van der Waals surface area contributed by atoms with Gasteiger partial charge in [-0.15, -0.1) is 11.3 Å². The highest BCUT2D eigenvalue weighted by Crippen LogP contribution is 2.35. The maximum atomic E-state index is 12.3. The van der Waals surface area contributed by atoms with Crippen LogP contribution >= 0.6 is 11.3 Å². The lowest BCUT2D eigenvalue weighted by Crippen LogP contribution is -2.23. The summed E-state index contributed by atoms with van der Waals surface area (Å²) in [6.45, 7) is 0. The van der Waals surface area contributed by atoms with Crippen LogP contribution in [0.3, 0.4) is 0 Å². The molecule has 6 nitrogen and oxygen atoms in total. The van der Waals surface area contributed by atoms with E-state index in [2.05, 4.69) is 10.3 Å². The molecule has 2 atom stereocenters. The number of carbonyl (C=O) groups excluding carboxylic acids is 1. The Bertz CT molecular complexity index is 732. The van der Waals surface area contributed by atoms with Gasteiger partial charge in [-0.2, -0.15) is 0 Å². The van der Waals surface area contributed by atoms with Gasteiger partial charge in [-0.05, 0) is 37.5 Å². The van der Waals surface area contributed by atoms with Crippen molar-refractivity contribution < 1.29 is 14.3 Å². The molecule has 0 spiro atoms. The minimum absolute atomic E-state index is 0.00135. The molecule has 1 aliphatic carbocycles. The fraction of sp³-hybridized carbons (Fsp3) is 0.412. The van der Waals surface area contributed by atoms with Crippen LogP contribution < -0.4 is 20.5 Å². The Balaban J connectivity index is 1.77. The molecule has 1 fully saturated rings. The highest BCUT2D eigenvalue weighted by molar-refractivity contribution is 7.14. The summed E-state index contributed by atoms with van der Waals surface area (Å²) < 4.78 is 10.7. The first-order chi connectivity index (χ1) is 11.6. The van der Waals surface area contributed by atoms with Gasteiger partial charge in [-0.25, -0.2) is 4.98 Å². The van der Waals surface area contributed by atoms with Crippen molar-refractivity contribution in [1.29, 1.82) is 0 Å². The molecule has 1 aromatic heterocycles. The molecule has 1 heterocycles. The Morgan fingerprint density at radius 2 is 2.17 bits per heavy atom. The van der Waals surface area contributed by atoms with E-state index < -0.39 is 0 Å². The van der Waals surface area contributed by atoms with Crippen LogP contribution in [0.5, 0.6) is 11.5 Å². The van der Waals surface area contributed by atoms with E-state index in [1.165, 1.54) is 11.3 Å². The van der Waals surface area contributed by atoms with Gasteiger partial charge < -0.3 is 20.5 Å². The lowest BCUT2D eigenvalue weighted by Gasteiger charge is -2.09. The van der Waals surface area contributed by atoms with Crippen LogP contribution in [0.4, 0.5) is 5.13 Å². The molecule has 1 aromatic carbocycles. The number of methoxy groups -OCH3 is 2. The first kappa shape index (κ1) is 16.7. The van der Waals surface area contributed by atoms with E-state index in [9.17, 15) is 4.79 Å². The molecule has 0 radical (unpaired) electrons. The van der Waals surface area contributed by atoms with Crippen molar-refractivity contribution in [1.82, 2.24) is 4.98 Å². The molecule has 2 aromatic rings. The van der Waals surface area contributed by atoms with Crippen molar-refractivity contribution in [3.8, 4) is 22.8 Å². The molecule has 7 heteroatoms. The van der Waals surface area contributed by atoms with Gasteiger partial charge in [0.25, 0.3) is 0 Å². The number of nitrogens with two attached hydrogens (primary N) is 1. The Labute approximate surface area is 145 Å². The van der Waals surface area contributed by atoms with Crippen LogP contribution in [0.25, 0.3) is 11.3 Å². The van der Waals surface area contributed by atoms with E-state index >= 15 is 0 Å². The Morgan fingerprint density at radius 1 is 1.33 bits per heavy atom. The molecule has 1 aliphatic rings. The number of rotatable bonds is 5. The van der Waals surface area contributed by atoms with Crippen molar-refractivity contribution in [2.24, 2.45) is 11.7 Å². The Hall–Kier alpha value is -2.12. The molecule has 0 bridgehead atoms. The number of nitrogens with one attached hydrogen (secondary N) is 1. The SMILES string of the molecule is COc1ccc(OC)c(-c2csc(NC(=O)C3CCC(N)C3)n2)c1. The van der Waals surface area contributed by atoms with Crippen LogP contribution in [0, 0.1) is 5.92 Å². The van der Waals surface area contributed by atoms with Crippen molar-refractivity contribution in [2.45, 2.75) is 25.3 Å². The lowest BCUT2D eigenvalue weighted by molar-refractivity contribution is -0.119. The van der Waals surface area contributed by atoms with E-state index in [0.29, 0.717) is 10.9 Å². The standard InChI is InChI=1S/C17H21N3O3S/c1-22-12-5-6-15(23-2)13(8-12)14-9-24-17(19-14)20-16(21)10-3-4-11(18)7-10/h5-6,8-11H,3-4,7,18H2,1-2H3,(H,19,20,21). The second kappa shape index (κ2) is 7.19. The maximum absolute atomic E-state index is 12.3. The van der Waals surface area contributed by atoms with Crippen LogP contribution in [-0.2, 0) is 4.79 Å². The molecule has 1 amide bonds. The number of amides is 1. The zero-order chi connectivity index (χ0) is 17.1. The summed E-state index contributed by atoms with van der Waals surface area (Å²) in [7, 11) is 3.23. The number of anilines is 1. The minimum atomic E-state index is -0.0151. The highest BCUT2D eigenvalue weighted by Gasteiger charge is 2.28. The Morgan fingerprint density at radius 3 is 2.83 bits per heavy atom. The summed E-state index contributed by atoms with van der Waals surface area (Å²) in [4.78, 5) is 16.8. The average molecular weight is 347 g/mol. The minimum Gasteiger partial charge on any atom is -0.497 e. The summed E-state index contributed by atoms with van der Waals surface area (Å²) in [6.07, 6.45) is 2.49. The summed E-state index contributed by atoms with van der Waals surface area (Å²) >= 11 is 1.39. The number of carbonyl (C=O) groups is 1. The average Bonchev–Trinajstić information content (AvgIpc) is 3.23. The van der Waals surface area contributed by atoms with Gasteiger partial charge in [0.05, 0.1) is 19.9 Å². The smallest absolute Gasteiger partial charge is 0.229 e. The first-order valence-corrected chi connectivity index (χ1v) is 8.73. The molecule has 128 valence electrons. The third-order valence-electron chi connectivity index (χ3n) is 4.26. The van der Waals surface area contributed by atoms with E-state index in [4.69, 9.17) is 15.2 Å². The van der Waals surface area contributed by atoms with E-state index in [0.717, 1.165) is 36.3 Å². The fourth-order valence-electron chi connectivity index (χ4n) is 2.93. The topological polar surface area (TPSA) is 86.5 Å². The van der Waals surface area contributed by atoms with Crippen molar-refractivity contribution in [2.75, 3.05) is 19.5 Å². The third kappa shape index (κ3) is 3.52. The van der Waals surface area contributed by atoms with Gasteiger partial charge in [0.15, 0.2) is 5.13 Å². The third-order valence-corrected chi connectivity index (χ3v) is 5.02. The molecular formula is C17H21N3O3S. The van der Waals surface area contributed by atoms with Gasteiger partial charge in [0.2, 0.25) is 5.91 Å². The molecule has 2 unspecified atom stereocenters. The first-order valence-electron chi connectivity index (χ1n) is 7.85. The molecule has 3 N–H and O–H groups in total. The molecule has 24 heavy (non-hydrogen) atoms. The van der Waals surface area contributed by atoms with Crippen LogP contribution in [0.1, 0.15) is 19.3 Å². The normalized spacial score (nSPS) is 20.0. The van der Waals surface area contributed by atoms with E-state index in [-0.39, 0.29) is 17.9 Å². The highest BCUT2D eigenvalue weighted by atomic mass is 32.1. The summed E-state index contributed by atoms with van der Waals surface area (Å²) in [6, 6.07) is 5.68. The summed E-state index contributed by atoms with van der Waals surface area (Å²) in [5.41, 5.74) is 7.45. The van der Waals surface area contributed by atoms with Gasteiger partial charge >= 0.3 is 0 Å². The van der Waals surface area contributed by atoms with Crippen LogP contribution in [0.2, 0.25) is 0 Å². The predicted molar refractivity (Wildman–Crippen MR) is 94.6 cm³/mol. The largest absolute Gasteiger partial charge is 0.497 e. The van der Waals surface area contributed by atoms with Crippen LogP contribution in [-0.4, -0.2) is 31.2 Å². The fourth-order valence-corrected chi connectivity index (χ4v) is 3.64. The lowest BCUT2D eigenvalue weighted by atomic mass is 10.1. The second-order valence-corrected chi connectivity index (χ2v) is 6.72. The van der Waals surface area contributed by atoms with Crippen LogP contribution in [0.15, 0.2) is 23.6 Å². The summed E-state index contributed by atoms with van der Waals surface area (Å²) in [5, 5.41) is 5.38. The quantitative estimate of drug-likeness (QED) is 0.868. The molecule has 3 rings (SSSR count). The van der Waals surface area contributed by atoms with Crippen molar-refractivity contribution in [3.05, 3.63) is 23.6 Å². The van der Waals surface area contributed by atoms with Gasteiger partial charge in [0, 0.05) is 22.9 Å². The maximum Gasteiger partial charge on any atom is 0.229 e. The van der Waals surface area contributed by atoms with E-state index in [1.54, 1.807) is 14.2 Å². The van der Waals surface area contributed by atoms with Crippen molar-refractivity contribution in [3.63, 3.8) is 0 Å². The zero-order valence-electron chi connectivity index (χ0n) is 13.7. The second-order valence-electron chi connectivity index (χ2n) is 5.86. The number of ether oxygens (including phenoxy) is 2. The van der Waals surface area contributed by atoms with Gasteiger partial charge in [-0.1, -0.05) is 0 Å².